The van der Waals surface area contributed by atoms with Gasteiger partial charge in [-0.25, -0.2) is 4.98 Å². The summed E-state index contributed by atoms with van der Waals surface area (Å²) in [5.41, 5.74) is 0.958. The van der Waals surface area contributed by atoms with Crippen LogP contribution in [0, 0.1) is 6.92 Å². The highest BCUT2D eigenvalue weighted by molar-refractivity contribution is 5.92. The average molecular weight is 323 g/mol. The number of carbonyl (C=O) groups excluding carboxylic acids is 1. The third-order valence-corrected chi connectivity index (χ3v) is 3.74. The molecule has 6 heteroatoms. The molecule has 0 saturated heterocycles. The predicted molar refractivity (Wildman–Crippen MR) is 92.4 cm³/mol. The van der Waals surface area contributed by atoms with E-state index in [9.17, 15) is 9.59 Å². The molecule has 122 valence electrons. The number of nitrogens with zero attached hydrogens (tertiary/aromatic N) is 2. The van der Waals surface area contributed by atoms with Gasteiger partial charge < -0.3 is 10.1 Å². The topological polar surface area (TPSA) is 73.2 Å². The van der Waals surface area contributed by atoms with Crippen molar-refractivity contribution < 1.29 is 9.53 Å². The lowest BCUT2D eigenvalue weighted by Gasteiger charge is -2.12. The van der Waals surface area contributed by atoms with Crippen molar-refractivity contribution in [3.05, 3.63) is 64.7 Å². The first-order valence-electron chi connectivity index (χ1n) is 7.49. The van der Waals surface area contributed by atoms with E-state index >= 15 is 0 Å². The number of aromatic nitrogens is 2. The molecule has 1 amide bonds. The Balaban J connectivity index is 1.90. The first-order chi connectivity index (χ1) is 11.6. The van der Waals surface area contributed by atoms with Crippen molar-refractivity contribution in [2.45, 2.75) is 13.5 Å². The van der Waals surface area contributed by atoms with Crippen molar-refractivity contribution >= 4 is 22.5 Å². The molecule has 1 aromatic heterocycles. The lowest BCUT2D eigenvalue weighted by molar-refractivity contribution is -0.116. The van der Waals surface area contributed by atoms with Crippen LogP contribution in [0.15, 0.2) is 53.3 Å². The molecule has 0 radical (unpaired) electrons. The summed E-state index contributed by atoms with van der Waals surface area (Å²) in [6, 6.07) is 14.2. The van der Waals surface area contributed by atoms with Crippen LogP contribution in [0.4, 0.5) is 5.69 Å². The number of hydrogen-bond acceptors (Lipinski definition) is 4. The molecule has 0 aliphatic carbocycles. The Labute approximate surface area is 138 Å². The van der Waals surface area contributed by atoms with Gasteiger partial charge >= 0.3 is 0 Å². The molecule has 0 aliphatic rings. The standard InChI is InChI=1S/C18H17N3O3/c1-12-19-14-8-4-3-7-13(14)18(23)21(12)11-17(22)20-15-9-5-6-10-16(15)24-2/h3-10H,11H2,1-2H3,(H,20,22). The molecule has 24 heavy (non-hydrogen) atoms. The summed E-state index contributed by atoms with van der Waals surface area (Å²) in [5.74, 6) is 0.738. The number of rotatable bonds is 4. The molecule has 0 saturated carbocycles. The van der Waals surface area contributed by atoms with E-state index in [0.29, 0.717) is 28.2 Å². The van der Waals surface area contributed by atoms with E-state index in [-0.39, 0.29) is 18.0 Å². The fourth-order valence-corrected chi connectivity index (χ4v) is 2.55. The molecular formula is C18H17N3O3. The van der Waals surface area contributed by atoms with Crippen molar-refractivity contribution in [2.75, 3.05) is 12.4 Å². The molecule has 1 heterocycles. The Kier molecular flexibility index (Phi) is 4.29. The Bertz CT molecular complexity index is 963. The highest BCUT2D eigenvalue weighted by Gasteiger charge is 2.12. The molecular weight excluding hydrogens is 306 g/mol. The van der Waals surface area contributed by atoms with Crippen LogP contribution < -0.4 is 15.6 Å². The SMILES string of the molecule is COc1ccccc1NC(=O)Cn1c(C)nc2ccccc2c1=O. The van der Waals surface area contributed by atoms with Crippen LogP contribution in [-0.4, -0.2) is 22.6 Å². The summed E-state index contributed by atoms with van der Waals surface area (Å²) >= 11 is 0. The highest BCUT2D eigenvalue weighted by Crippen LogP contribution is 2.22. The number of carbonyl (C=O) groups is 1. The van der Waals surface area contributed by atoms with Gasteiger partial charge in [-0.15, -0.1) is 0 Å². The number of amides is 1. The first kappa shape index (κ1) is 15.7. The van der Waals surface area contributed by atoms with Crippen LogP contribution in [0.2, 0.25) is 0 Å². The van der Waals surface area contributed by atoms with Gasteiger partial charge in [0.05, 0.1) is 23.7 Å². The normalized spacial score (nSPS) is 10.6. The summed E-state index contributed by atoms with van der Waals surface area (Å²) < 4.78 is 6.57. The van der Waals surface area contributed by atoms with E-state index in [2.05, 4.69) is 10.3 Å². The molecule has 0 atom stereocenters. The number of nitrogens with one attached hydrogen (secondary N) is 1. The van der Waals surface area contributed by atoms with Crippen LogP contribution in [0.3, 0.4) is 0 Å². The van der Waals surface area contributed by atoms with Gasteiger partial charge in [-0.2, -0.15) is 0 Å². The van der Waals surface area contributed by atoms with E-state index < -0.39 is 0 Å². The zero-order chi connectivity index (χ0) is 17.1. The third-order valence-electron chi connectivity index (χ3n) is 3.74. The lowest BCUT2D eigenvalue weighted by atomic mass is 10.2. The number of methoxy groups -OCH3 is 1. The number of hydrogen-bond donors (Lipinski definition) is 1. The van der Waals surface area contributed by atoms with E-state index in [0.717, 1.165) is 0 Å². The van der Waals surface area contributed by atoms with E-state index in [1.165, 1.54) is 11.7 Å². The second-order valence-electron chi connectivity index (χ2n) is 5.32. The van der Waals surface area contributed by atoms with Crippen LogP contribution in [0.1, 0.15) is 5.82 Å². The summed E-state index contributed by atoms with van der Waals surface area (Å²) in [5, 5.41) is 3.25. The second-order valence-corrected chi connectivity index (χ2v) is 5.32. The monoisotopic (exact) mass is 323 g/mol. The quantitative estimate of drug-likeness (QED) is 0.800. The summed E-state index contributed by atoms with van der Waals surface area (Å²) in [4.78, 5) is 29.3. The molecule has 0 aliphatic heterocycles. The van der Waals surface area contributed by atoms with Gasteiger partial charge in [-0.1, -0.05) is 24.3 Å². The molecule has 3 rings (SSSR count). The molecule has 1 N–H and O–H groups in total. The van der Waals surface area contributed by atoms with Crippen LogP contribution in [0.5, 0.6) is 5.75 Å². The maximum atomic E-state index is 12.6. The van der Waals surface area contributed by atoms with Gasteiger partial charge in [-0.05, 0) is 31.2 Å². The highest BCUT2D eigenvalue weighted by atomic mass is 16.5. The third kappa shape index (κ3) is 2.99. The van der Waals surface area contributed by atoms with Gasteiger partial charge in [0, 0.05) is 0 Å². The Morgan fingerprint density at radius 2 is 1.88 bits per heavy atom. The molecule has 3 aromatic rings. The Morgan fingerprint density at radius 3 is 2.67 bits per heavy atom. The summed E-state index contributed by atoms with van der Waals surface area (Å²) in [7, 11) is 1.53. The largest absolute Gasteiger partial charge is 0.495 e. The van der Waals surface area contributed by atoms with Crippen LogP contribution in [-0.2, 0) is 11.3 Å². The smallest absolute Gasteiger partial charge is 0.261 e. The van der Waals surface area contributed by atoms with Crippen molar-refractivity contribution in [2.24, 2.45) is 0 Å². The van der Waals surface area contributed by atoms with Crippen molar-refractivity contribution in [1.29, 1.82) is 0 Å². The molecule has 0 fully saturated rings. The minimum Gasteiger partial charge on any atom is -0.495 e. The maximum Gasteiger partial charge on any atom is 0.261 e. The molecule has 0 bridgehead atoms. The number of fused-ring (bicyclic) bond motifs is 1. The summed E-state index contributed by atoms with van der Waals surface area (Å²) in [6.45, 7) is 1.60. The fourth-order valence-electron chi connectivity index (χ4n) is 2.55. The molecule has 0 unspecified atom stereocenters. The van der Waals surface area contributed by atoms with Gasteiger partial charge in [0.25, 0.3) is 5.56 Å². The van der Waals surface area contributed by atoms with Crippen molar-refractivity contribution in [3.8, 4) is 5.75 Å². The van der Waals surface area contributed by atoms with E-state index in [1.54, 1.807) is 43.3 Å². The molecule has 0 spiro atoms. The van der Waals surface area contributed by atoms with Crippen LogP contribution >= 0.6 is 0 Å². The van der Waals surface area contributed by atoms with E-state index in [1.807, 2.05) is 12.1 Å². The van der Waals surface area contributed by atoms with Crippen LogP contribution in [0.25, 0.3) is 10.9 Å². The average Bonchev–Trinajstić information content (AvgIpc) is 2.59. The minimum absolute atomic E-state index is 0.111. The van der Waals surface area contributed by atoms with Crippen molar-refractivity contribution in [3.63, 3.8) is 0 Å². The zero-order valence-corrected chi connectivity index (χ0v) is 13.4. The van der Waals surface area contributed by atoms with Gasteiger partial charge in [0.2, 0.25) is 5.91 Å². The Hall–Kier alpha value is -3.15. The molecule has 6 nitrogen and oxygen atoms in total. The number of para-hydroxylation sites is 3. The number of anilines is 1. The molecule has 2 aromatic carbocycles. The van der Waals surface area contributed by atoms with E-state index in [4.69, 9.17) is 4.74 Å². The summed E-state index contributed by atoms with van der Waals surface area (Å²) in [6.07, 6.45) is 0. The predicted octanol–water partition coefficient (Wildman–Crippen LogP) is 2.35. The fraction of sp³-hybridized carbons (Fsp3) is 0.167. The number of ether oxygens (including phenoxy) is 1. The van der Waals surface area contributed by atoms with Gasteiger partial charge in [0.1, 0.15) is 18.1 Å². The van der Waals surface area contributed by atoms with Crippen molar-refractivity contribution in [1.82, 2.24) is 9.55 Å². The van der Waals surface area contributed by atoms with Gasteiger partial charge in [0.15, 0.2) is 0 Å². The second kappa shape index (κ2) is 6.54. The number of benzene rings is 2. The minimum atomic E-state index is -0.318. The maximum absolute atomic E-state index is 12.6. The first-order valence-corrected chi connectivity index (χ1v) is 7.49. The lowest BCUT2D eigenvalue weighted by Crippen LogP contribution is -2.30. The zero-order valence-electron chi connectivity index (χ0n) is 13.4. The van der Waals surface area contributed by atoms with Gasteiger partial charge in [-0.3, -0.25) is 14.2 Å². The number of aryl methyl sites for hydroxylation is 1. The Morgan fingerprint density at radius 1 is 1.17 bits per heavy atom.